The summed E-state index contributed by atoms with van der Waals surface area (Å²) >= 11 is 1.36. The first-order valence-electron chi connectivity index (χ1n) is 7.83. The first kappa shape index (κ1) is 15.9. The van der Waals surface area contributed by atoms with Gasteiger partial charge in [0.05, 0.1) is 17.2 Å². The zero-order valence-corrected chi connectivity index (χ0v) is 14.4. The summed E-state index contributed by atoms with van der Waals surface area (Å²) < 4.78 is 0. The molecular formula is C16H20N4O2S. The van der Waals surface area contributed by atoms with Gasteiger partial charge in [0, 0.05) is 17.8 Å². The molecule has 1 fully saturated rings. The summed E-state index contributed by atoms with van der Waals surface area (Å²) in [6.07, 6.45) is 2.38. The Morgan fingerprint density at radius 1 is 1.43 bits per heavy atom. The van der Waals surface area contributed by atoms with Crippen molar-refractivity contribution >= 4 is 17.2 Å². The first-order chi connectivity index (χ1) is 11.0. The molecule has 7 heteroatoms. The van der Waals surface area contributed by atoms with Crippen molar-refractivity contribution in [3.63, 3.8) is 0 Å². The molecular weight excluding hydrogens is 312 g/mol. The molecule has 0 saturated carbocycles. The minimum atomic E-state index is -0.165. The maximum Gasteiger partial charge on any atom is 0.266 e. The van der Waals surface area contributed by atoms with Crippen molar-refractivity contribution in [1.29, 1.82) is 0 Å². The minimum absolute atomic E-state index is 0.0210. The molecule has 3 rings (SSSR count). The van der Waals surface area contributed by atoms with Crippen molar-refractivity contribution in [2.75, 3.05) is 6.54 Å². The number of thiazole rings is 1. The minimum Gasteiger partial charge on any atom is -0.328 e. The molecule has 1 atom stereocenters. The van der Waals surface area contributed by atoms with Crippen LogP contribution in [-0.2, 0) is 6.42 Å². The molecule has 3 heterocycles. The summed E-state index contributed by atoms with van der Waals surface area (Å²) in [7, 11) is 0. The fraction of sp³-hybridized carbons (Fsp3) is 0.500. The summed E-state index contributed by atoms with van der Waals surface area (Å²) in [6, 6.07) is -0.165. The van der Waals surface area contributed by atoms with E-state index in [4.69, 9.17) is 0 Å². The van der Waals surface area contributed by atoms with Crippen molar-refractivity contribution in [2.45, 2.75) is 46.1 Å². The fourth-order valence-corrected chi connectivity index (χ4v) is 3.90. The summed E-state index contributed by atoms with van der Waals surface area (Å²) in [6.45, 7) is 6.32. The molecule has 1 amide bonds. The second kappa shape index (κ2) is 6.23. The molecule has 0 aromatic carbocycles. The van der Waals surface area contributed by atoms with Gasteiger partial charge in [0.2, 0.25) is 0 Å². The summed E-state index contributed by atoms with van der Waals surface area (Å²) in [5.41, 5.74) is 3.81. The molecule has 0 spiro atoms. The molecule has 1 saturated heterocycles. The Balaban J connectivity index is 1.95. The molecule has 0 radical (unpaired) electrons. The van der Waals surface area contributed by atoms with Crippen LogP contribution < -0.4 is 5.56 Å². The molecule has 2 aromatic heterocycles. The Morgan fingerprint density at radius 3 is 2.83 bits per heavy atom. The average molecular weight is 332 g/mol. The van der Waals surface area contributed by atoms with Crippen LogP contribution in [0.4, 0.5) is 0 Å². The van der Waals surface area contributed by atoms with Crippen molar-refractivity contribution in [3.8, 4) is 0 Å². The molecule has 1 N–H and O–H groups in total. The average Bonchev–Trinajstić information content (AvgIpc) is 3.15. The zero-order valence-electron chi connectivity index (χ0n) is 13.5. The number of aryl methyl sites for hydroxylation is 2. The normalized spacial score (nSPS) is 17.7. The Kier molecular flexibility index (Phi) is 4.30. The van der Waals surface area contributed by atoms with Crippen LogP contribution in [0.1, 0.15) is 58.3 Å². The van der Waals surface area contributed by atoms with Gasteiger partial charge < -0.3 is 9.88 Å². The Labute approximate surface area is 138 Å². The number of rotatable bonds is 3. The van der Waals surface area contributed by atoms with Gasteiger partial charge in [-0.1, -0.05) is 6.92 Å². The zero-order chi connectivity index (χ0) is 16.6. The number of carbonyl (C=O) groups excluding carboxylic acids is 1. The number of hydrogen-bond acceptors (Lipinski definition) is 5. The standard InChI is InChI=1S/C16H20N4O2S/c1-4-11-9(2)18-14(19-15(11)21)12-6-5-7-20(12)16(22)13-10(3)17-8-23-13/h8,12H,4-7H2,1-3H3,(H,18,19,21). The molecule has 0 bridgehead atoms. The highest BCUT2D eigenvalue weighted by atomic mass is 32.1. The van der Waals surface area contributed by atoms with E-state index >= 15 is 0 Å². The molecule has 6 nitrogen and oxygen atoms in total. The van der Waals surface area contributed by atoms with Gasteiger partial charge in [0.25, 0.3) is 11.5 Å². The number of aromatic nitrogens is 3. The predicted molar refractivity (Wildman–Crippen MR) is 88.8 cm³/mol. The smallest absolute Gasteiger partial charge is 0.266 e. The number of carbonyl (C=O) groups is 1. The van der Waals surface area contributed by atoms with Gasteiger partial charge in [-0.25, -0.2) is 9.97 Å². The number of nitrogens with one attached hydrogen (secondary N) is 1. The number of amides is 1. The van der Waals surface area contributed by atoms with Gasteiger partial charge in [0.1, 0.15) is 10.7 Å². The lowest BCUT2D eigenvalue weighted by Gasteiger charge is -2.24. The third-order valence-electron chi connectivity index (χ3n) is 4.36. The van der Waals surface area contributed by atoms with Crippen LogP contribution in [0.25, 0.3) is 0 Å². The highest BCUT2D eigenvalue weighted by Gasteiger charge is 2.33. The molecule has 2 aromatic rings. The number of likely N-dealkylation sites (tertiary alicyclic amines) is 1. The van der Waals surface area contributed by atoms with E-state index in [0.717, 1.165) is 24.2 Å². The van der Waals surface area contributed by atoms with E-state index < -0.39 is 0 Å². The summed E-state index contributed by atoms with van der Waals surface area (Å²) in [4.78, 5) is 39.1. The molecule has 1 aliphatic rings. The third-order valence-corrected chi connectivity index (χ3v) is 5.28. The highest BCUT2D eigenvalue weighted by Crippen LogP contribution is 2.32. The fourth-order valence-electron chi connectivity index (χ4n) is 3.14. The highest BCUT2D eigenvalue weighted by molar-refractivity contribution is 7.11. The van der Waals surface area contributed by atoms with Crippen LogP contribution >= 0.6 is 11.3 Å². The number of nitrogens with zero attached hydrogens (tertiary/aromatic N) is 3. The van der Waals surface area contributed by atoms with Crippen molar-refractivity contribution in [2.24, 2.45) is 0 Å². The number of aromatic amines is 1. The van der Waals surface area contributed by atoms with Gasteiger partial charge in [-0.15, -0.1) is 11.3 Å². The van der Waals surface area contributed by atoms with Gasteiger partial charge in [0.15, 0.2) is 0 Å². The van der Waals surface area contributed by atoms with Crippen LogP contribution in [0.5, 0.6) is 0 Å². The Bertz CT molecular complexity index is 796. The molecule has 0 aliphatic carbocycles. The van der Waals surface area contributed by atoms with Crippen LogP contribution in [0.2, 0.25) is 0 Å². The number of H-pyrrole nitrogens is 1. The van der Waals surface area contributed by atoms with E-state index in [9.17, 15) is 9.59 Å². The Hall–Kier alpha value is -2.02. The van der Waals surface area contributed by atoms with E-state index in [0.29, 0.717) is 29.2 Å². The molecule has 1 unspecified atom stereocenters. The van der Waals surface area contributed by atoms with Crippen molar-refractivity contribution in [1.82, 2.24) is 19.9 Å². The summed E-state index contributed by atoms with van der Waals surface area (Å²) in [5.74, 6) is 0.574. The lowest BCUT2D eigenvalue weighted by Crippen LogP contribution is -2.33. The van der Waals surface area contributed by atoms with E-state index in [-0.39, 0.29) is 17.5 Å². The predicted octanol–water partition coefficient (Wildman–Crippen LogP) is 2.38. The van der Waals surface area contributed by atoms with E-state index in [1.165, 1.54) is 11.3 Å². The van der Waals surface area contributed by atoms with Gasteiger partial charge in [-0.2, -0.15) is 0 Å². The molecule has 1 aliphatic heterocycles. The van der Waals surface area contributed by atoms with Crippen molar-refractivity contribution < 1.29 is 4.79 Å². The largest absolute Gasteiger partial charge is 0.328 e. The van der Waals surface area contributed by atoms with Crippen LogP contribution in [0, 0.1) is 13.8 Å². The van der Waals surface area contributed by atoms with Crippen LogP contribution in [-0.4, -0.2) is 32.3 Å². The lowest BCUT2D eigenvalue weighted by molar-refractivity contribution is 0.0733. The van der Waals surface area contributed by atoms with Gasteiger partial charge >= 0.3 is 0 Å². The maximum absolute atomic E-state index is 12.8. The van der Waals surface area contributed by atoms with Crippen LogP contribution in [0.3, 0.4) is 0 Å². The maximum atomic E-state index is 12.8. The topological polar surface area (TPSA) is 79.0 Å². The molecule has 122 valence electrons. The van der Waals surface area contributed by atoms with Crippen molar-refractivity contribution in [3.05, 3.63) is 43.5 Å². The third kappa shape index (κ3) is 2.81. The van der Waals surface area contributed by atoms with E-state index in [1.807, 2.05) is 25.7 Å². The van der Waals surface area contributed by atoms with E-state index in [2.05, 4.69) is 15.0 Å². The Morgan fingerprint density at radius 2 is 2.22 bits per heavy atom. The SMILES string of the molecule is CCc1c(C)nc(C2CCCN2C(=O)c2scnc2C)[nH]c1=O. The lowest BCUT2D eigenvalue weighted by atomic mass is 10.1. The molecule has 23 heavy (non-hydrogen) atoms. The second-order valence-corrected chi connectivity index (χ2v) is 6.65. The van der Waals surface area contributed by atoms with Gasteiger partial charge in [-0.3, -0.25) is 9.59 Å². The monoisotopic (exact) mass is 332 g/mol. The quantitative estimate of drug-likeness (QED) is 0.936. The van der Waals surface area contributed by atoms with E-state index in [1.54, 1.807) is 5.51 Å². The first-order valence-corrected chi connectivity index (χ1v) is 8.71. The van der Waals surface area contributed by atoms with Crippen LogP contribution in [0.15, 0.2) is 10.3 Å². The summed E-state index contributed by atoms with van der Waals surface area (Å²) in [5, 5.41) is 0. The number of hydrogen-bond donors (Lipinski definition) is 1. The second-order valence-electron chi connectivity index (χ2n) is 5.79. The van der Waals surface area contributed by atoms with Gasteiger partial charge in [-0.05, 0) is 33.1 Å².